The van der Waals surface area contributed by atoms with Crippen molar-refractivity contribution in [1.29, 1.82) is 0 Å². The molecule has 2 aromatic carbocycles. The van der Waals surface area contributed by atoms with Crippen molar-refractivity contribution in [3.63, 3.8) is 0 Å². The molecule has 0 saturated heterocycles. The van der Waals surface area contributed by atoms with Gasteiger partial charge >= 0.3 is 0 Å². The average molecular weight is 358 g/mol. The molecule has 0 unspecified atom stereocenters. The number of anilines is 1. The number of hydrogen-bond acceptors (Lipinski definition) is 3. The number of rotatable bonds is 7. The summed E-state index contributed by atoms with van der Waals surface area (Å²) in [7, 11) is -3.73. The van der Waals surface area contributed by atoms with E-state index in [-0.39, 0.29) is 29.8 Å². The highest BCUT2D eigenvalue weighted by atomic mass is 32.2. The van der Waals surface area contributed by atoms with E-state index in [0.29, 0.717) is 5.69 Å². The molecule has 5 nitrogen and oxygen atoms in total. The molecule has 1 fully saturated rings. The Kier molecular flexibility index (Phi) is 5.08. The number of nitrogens with zero attached hydrogens (tertiary/aromatic N) is 1. The molecular weight excluding hydrogens is 336 g/mol. The summed E-state index contributed by atoms with van der Waals surface area (Å²) in [5.74, 6) is -0.109. The first-order valence-corrected chi connectivity index (χ1v) is 9.84. The minimum absolute atomic E-state index is 0.109. The smallest absolute Gasteiger partial charge is 0.264 e. The van der Waals surface area contributed by atoms with E-state index in [4.69, 9.17) is 0 Å². The van der Waals surface area contributed by atoms with Crippen LogP contribution in [0.3, 0.4) is 0 Å². The van der Waals surface area contributed by atoms with Gasteiger partial charge in [0.05, 0.1) is 10.6 Å². The molecule has 0 atom stereocenters. The zero-order valence-electron chi connectivity index (χ0n) is 14.2. The predicted molar refractivity (Wildman–Crippen MR) is 97.9 cm³/mol. The summed E-state index contributed by atoms with van der Waals surface area (Å²) in [5.41, 5.74) is 1.55. The molecule has 2 aromatic rings. The van der Waals surface area contributed by atoms with E-state index >= 15 is 0 Å². The maximum atomic E-state index is 13.1. The molecule has 132 valence electrons. The Morgan fingerprint density at radius 2 is 1.72 bits per heavy atom. The van der Waals surface area contributed by atoms with Gasteiger partial charge in [-0.3, -0.25) is 9.10 Å². The van der Waals surface area contributed by atoms with Crippen molar-refractivity contribution >= 4 is 21.6 Å². The number of benzene rings is 2. The fraction of sp³-hybridized carbons (Fsp3) is 0.316. The third-order valence-electron chi connectivity index (χ3n) is 4.14. The van der Waals surface area contributed by atoms with E-state index in [1.165, 1.54) is 4.31 Å². The Morgan fingerprint density at radius 3 is 2.32 bits per heavy atom. The molecule has 1 aliphatic rings. The van der Waals surface area contributed by atoms with Crippen molar-refractivity contribution in [3.05, 3.63) is 60.2 Å². The zero-order valence-corrected chi connectivity index (χ0v) is 15.0. The summed E-state index contributed by atoms with van der Waals surface area (Å²) in [6, 6.07) is 15.9. The van der Waals surface area contributed by atoms with Gasteiger partial charge < -0.3 is 5.32 Å². The van der Waals surface area contributed by atoms with Gasteiger partial charge in [-0.05, 0) is 44.0 Å². The number of hydrogen-bond donors (Lipinski definition) is 1. The first-order valence-electron chi connectivity index (χ1n) is 8.40. The molecule has 0 aliphatic heterocycles. The summed E-state index contributed by atoms with van der Waals surface area (Å²) in [6.07, 6.45) is 2.15. The van der Waals surface area contributed by atoms with Crippen molar-refractivity contribution in [2.24, 2.45) is 0 Å². The van der Waals surface area contributed by atoms with Crippen molar-refractivity contribution in [2.75, 3.05) is 10.8 Å². The van der Waals surface area contributed by atoms with Crippen LogP contribution in [0.5, 0.6) is 0 Å². The molecule has 1 amide bonds. The summed E-state index contributed by atoms with van der Waals surface area (Å²) in [4.78, 5) is 12.2. The van der Waals surface area contributed by atoms with E-state index < -0.39 is 10.0 Å². The molecule has 3 rings (SSSR count). The Balaban J connectivity index is 1.84. The number of aryl methyl sites for hydroxylation is 1. The Hall–Kier alpha value is -2.34. The minimum Gasteiger partial charge on any atom is -0.353 e. The van der Waals surface area contributed by atoms with Crippen LogP contribution >= 0.6 is 0 Å². The van der Waals surface area contributed by atoms with Gasteiger partial charge in [0.2, 0.25) is 5.91 Å². The van der Waals surface area contributed by atoms with Gasteiger partial charge in [0.25, 0.3) is 10.0 Å². The molecule has 1 N–H and O–H groups in total. The van der Waals surface area contributed by atoms with Crippen LogP contribution in [0.1, 0.15) is 24.8 Å². The fourth-order valence-corrected chi connectivity index (χ4v) is 4.02. The Morgan fingerprint density at radius 1 is 1.08 bits per heavy atom. The lowest BCUT2D eigenvalue weighted by Crippen LogP contribution is -2.35. The maximum Gasteiger partial charge on any atom is 0.264 e. The molecule has 25 heavy (non-hydrogen) atoms. The minimum atomic E-state index is -3.73. The maximum absolute atomic E-state index is 13.1. The summed E-state index contributed by atoms with van der Waals surface area (Å²) >= 11 is 0. The molecule has 0 aromatic heterocycles. The van der Waals surface area contributed by atoms with Crippen molar-refractivity contribution in [3.8, 4) is 0 Å². The third kappa shape index (κ3) is 4.39. The highest BCUT2D eigenvalue weighted by molar-refractivity contribution is 7.92. The number of carbonyl (C=O) groups is 1. The number of sulfonamides is 1. The highest BCUT2D eigenvalue weighted by Gasteiger charge is 2.27. The number of para-hydroxylation sites is 1. The van der Waals surface area contributed by atoms with Gasteiger partial charge in [-0.15, -0.1) is 0 Å². The van der Waals surface area contributed by atoms with Crippen LogP contribution in [-0.4, -0.2) is 26.9 Å². The highest BCUT2D eigenvalue weighted by Crippen LogP contribution is 2.24. The van der Waals surface area contributed by atoms with E-state index in [1.54, 1.807) is 48.5 Å². The van der Waals surface area contributed by atoms with Crippen LogP contribution in [0.4, 0.5) is 5.69 Å². The average Bonchev–Trinajstić information content (AvgIpc) is 3.40. The third-order valence-corrected chi connectivity index (χ3v) is 5.98. The molecule has 1 aliphatic carbocycles. The lowest BCUT2D eigenvalue weighted by Gasteiger charge is -2.24. The zero-order chi connectivity index (χ0) is 17.9. The predicted octanol–water partition coefficient (Wildman–Crippen LogP) is 2.86. The van der Waals surface area contributed by atoms with Gasteiger partial charge in [0, 0.05) is 19.0 Å². The molecule has 0 spiro atoms. The molecular formula is C19H22N2O3S. The normalized spacial score (nSPS) is 14.1. The van der Waals surface area contributed by atoms with E-state index in [1.807, 2.05) is 13.0 Å². The second-order valence-corrected chi connectivity index (χ2v) is 8.18. The first kappa shape index (κ1) is 17.5. The number of amides is 1. The quantitative estimate of drug-likeness (QED) is 0.828. The van der Waals surface area contributed by atoms with Gasteiger partial charge in [-0.1, -0.05) is 35.9 Å². The van der Waals surface area contributed by atoms with Gasteiger partial charge in [0.15, 0.2) is 0 Å². The second-order valence-electron chi connectivity index (χ2n) is 6.32. The van der Waals surface area contributed by atoms with Crippen LogP contribution in [0.25, 0.3) is 0 Å². The van der Waals surface area contributed by atoms with Crippen molar-refractivity contribution < 1.29 is 13.2 Å². The van der Waals surface area contributed by atoms with Crippen LogP contribution in [0.2, 0.25) is 0 Å². The fourth-order valence-electron chi connectivity index (χ4n) is 2.55. The second kappa shape index (κ2) is 7.27. The largest absolute Gasteiger partial charge is 0.353 e. The summed E-state index contributed by atoms with van der Waals surface area (Å²) in [6.45, 7) is 2.02. The number of carbonyl (C=O) groups excluding carboxylic acids is 1. The monoisotopic (exact) mass is 358 g/mol. The molecule has 6 heteroatoms. The van der Waals surface area contributed by atoms with Gasteiger partial charge in [-0.2, -0.15) is 0 Å². The van der Waals surface area contributed by atoms with E-state index in [2.05, 4.69) is 5.32 Å². The molecule has 0 radical (unpaired) electrons. The first-order chi connectivity index (χ1) is 12.0. The lowest BCUT2D eigenvalue weighted by molar-refractivity contribution is -0.121. The summed E-state index contributed by atoms with van der Waals surface area (Å²) in [5, 5.41) is 2.90. The van der Waals surface area contributed by atoms with Crippen LogP contribution < -0.4 is 9.62 Å². The number of nitrogens with one attached hydrogen (secondary N) is 1. The van der Waals surface area contributed by atoms with Gasteiger partial charge in [-0.25, -0.2) is 8.42 Å². The van der Waals surface area contributed by atoms with Crippen molar-refractivity contribution in [1.82, 2.24) is 5.32 Å². The SMILES string of the molecule is Cc1ccc(S(=O)(=O)N(CCC(=O)NC2CC2)c2ccccc2)cc1. The van der Waals surface area contributed by atoms with Gasteiger partial charge in [0.1, 0.15) is 0 Å². The lowest BCUT2D eigenvalue weighted by atomic mass is 10.2. The molecule has 0 heterocycles. The van der Waals surface area contributed by atoms with Crippen molar-refractivity contribution in [2.45, 2.75) is 37.1 Å². The Labute approximate surface area is 148 Å². The van der Waals surface area contributed by atoms with E-state index in [9.17, 15) is 13.2 Å². The molecule has 1 saturated carbocycles. The summed E-state index contributed by atoms with van der Waals surface area (Å²) < 4.78 is 27.5. The topological polar surface area (TPSA) is 66.5 Å². The Bertz CT molecular complexity index is 829. The van der Waals surface area contributed by atoms with Crippen LogP contribution in [0.15, 0.2) is 59.5 Å². The van der Waals surface area contributed by atoms with Crippen LogP contribution in [0, 0.1) is 6.92 Å². The molecule has 0 bridgehead atoms. The van der Waals surface area contributed by atoms with E-state index in [0.717, 1.165) is 18.4 Å². The standard InChI is InChI=1S/C19H22N2O3S/c1-15-7-11-18(12-8-15)25(23,24)21(17-5-3-2-4-6-17)14-13-19(22)20-16-9-10-16/h2-8,11-12,16H,9-10,13-14H2,1H3,(H,20,22). The van der Waals surface area contributed by atoms with Crippen LogP contribution in [-0.2, 0) is 14.8 Å².